The van der Waals surface area contributed by atoms with Gasteiger partial charge in [0.25, 0.3) is 0 Å². The van der Waals surface area contributed by atoms with Gasteiger partial charge in [-0.25, -0.2) is 0 Å². The molecule has 84 valence electrons. The Morgan fingerprint density at radius 1 is 1.33 bits per heavy atom. The molecular weight excluding hydrogens is 186 g/mol. The molecule has 0 fully saturated rings. The quantitative estimate of drug-likeness (QED) is 0.823. The van der Waals surface area contributed by atoms with Crippen LogP contribution in [0.5, 0.6) is 5.75 Å². The maximum Gasteiger partial charge on any atom is 0.122 e. The Balaban J connectivity index is 2.83. The molecule has 15 heavy (non-hydrogen) atoms. The van der Waals surface area contributed by atoms with Crippen molar-refractivity contribution in [2.75, 3.05) is 0 Å². The standard InChI is InChI=1S/C13H21NO/c1-5-10(3)15-13-7-6-12(11(4)14)8-9(13)2/h6-8,10-11H,5,14H2,1-4H3. The monoisotopic (exact) mass is 207 g/mol. The summed E-state index contributed by atoms with van der Waals surface area (Å²) in [7, 11) is 0. The maximum absolute atomic E-state index is 5.82. The van der Waals surface area contributed by atoms with Gasteiger partial charge in [0.15, 0.2) is 0 Å². The smallest absolute Gasteiger partial charge is 0.122 e. The van der Waals surface area contributed by atoms with Crippen LogP contribution < -0.4 is 10.5 Å². The van der Waals surface area contributed by atoms with Gasteiger partial charge < -0.3 is 10.5 Å². The van der Waals surface area contributed by atoms with Crippen molar-refractivity contribution in [3.05, 3.63) is 29.3 Å². The fourth-order valence-electron chi connectivity index (χ4n) is 1.39. The van der Waals surface area contributed by atoms with Gasteiger partial charge in [0.05, 0.1) is 6.10 Å². The van der Waals surface area contributed by atoms with E-state index < -0.39 is 0 Å². The third-order valence-electron chi connectivity index (χ3n) is 2.63. The van der Waals surface area contributed by atoms with E-state index in [1.54, 1.807) is 0 Å². The Bertz CT molecular complexity index is 320. The topological polar surface area (TPSA) is 35.2 Å². The molecule has 0 aliphatic heterocycles. The van der Waals surface area contributed by atoms with Crippen molar-refractivity contribution in [1.29, 1.82) is 0 Å². The lowest BCUT2D eigenvalue weighted by Crippen LogP contribution is -2.11. The van der Waals surface area contributed by atoms with Crippen molar-refractivity contribution < 1.29 is 4.74 Å². The molecule has 2 nitrogen and oxygen atoms in total. The molecule has 2 heteroatoms. The molecule has 0 saturated carbocycles. The highest BCUT2D eigenvalue weighted by atomic mass is 16.5. The second-order valence-electron chi connectivity index (χ2n) is 4.15. The van der Waals surface area contributed by atoms with Gasteiger partial charge in [-0.1, -0.05) is 19.1 Å². The predicted octanol–water partition coefficient (Wildman–Crippen LogP) is 3.19. The van der Waals surface area contributed by atoms with E-state index in [-0.39, 0.29) is 12.1 Å². The van der Waals surface area contributed by atoms with E-state index >= 15 is 0 Å². The molecule has 0 aliphatic rings. The average molecular weight is 207 g/mol. The average Bonchev–Trinajstić information content (AvgIpc) is 2.20. The molecule has 0 spiro atoms. The number of hydrogen-bond acceptors (Lipinski definition) is 2. The van der Waals surface area contributed by atoms with Gasteiger partial charge in [0.2, 0.25) is 0 Å². The van der Waals surface area contributed by atoms with Crippen LogP contribution in [0.15, 0.2) is 18.2 Å². The highest BCUT2D eigenvalue weighted by Crippen LogP contribution is 2.23. The summed E-state index contributed by atoms with van der Waals surface area (Å²) in [6.07, 6.45) is 1.29. The van der Waals surface area contributed by atoms with Crippen molar-refractivity contribution in [2.45, 2.75) is 46.3 Å². The molecule has 1 aromatic carbocycles. The molecule has 2 unspecified atom stereocenters. The summed E-state index contributed by atoms with van der Waals surface area (Å²) < 4.78 is 5.79. The van der Waals surface area contributed by atoms with E-state index in [0.717, 1.165) is 23.3 Å². The van der Waals surface area contributed by atoms with E-state index in [1.807, 2.05) is 19.1 Å². The molecule has 0 heterocycles. The summed E-state index contributed by atoms with van der Waals surface area (Å²) in [5.41, 5.74) is 8.13. The first kappa shape index (κ1) is 12.1. The lowest BCUT2D eigenvalue weighted by atomic mass is 10.1. The summed E-state index contributed by atoms with van der Waals surface area (Å²) in [6.45, 7) is 8.25. The third-order valence-corrected chi connectivity index (χ3v) is 2.63. The normalized spacial score (nSPS) is 14.7. The van der Waals surface area contributed by atoms with Crippen molar-refractivity contribution >= 4 is 0 Å². The second kappa shape index (κ2) is 5.17. The van der Waals surface area contributed by atoms with Crippen LogP contribution in [0.1, 0.15) is 44.4 Å². The number of benzene rings is 1. The Labute approximate surface area is 92.4 Å². The summed E-state index contributed by atoms with van der Waals surface area (Å²) in [5.74, 6) is 0.966. The first-order valence-electron chi connectivity index (χ1n) is 5.57. The maximum atomic E-state index is 5.82. The molecular formula is C13H21NO. The van der Waals surface area contributed by atoms with Gasteiger partial charge in [-0.2, -0.15) is 0 Å². The van der Waals surface area contributed by atoms with Crippen LogP contribution in [0.2, 0.25) is 0 Å². The summed E-state index contributed by atoms with van der Waals surface area (Å²) in [5, 5.41) is 0. The first-order chi connectivity index (χ1) is 7.04. The van der Waals surface area contributed by atoms with Crippen LogP contribution in [-0.2, 0) is 0 Å². The summed E-state index contributed by atoms with van der Waals surface area (Å²) in [6, 6.07) is 6.24. The van der Waals surface area contributed by atoms with Gasteiger partial charge in [0, 0.05) is 6.04 Å². The van der Waals surface area contributed by atoms with Gasteiger partial charge >= 0.3 is 0 Å². The molecule has 0 aliphatic carbocycles. The molecule has 0 amide bonds. The SMILES string of the molecule is CCC(C)Oc1ccc(C(C)N)cc1C. The van der Waals surface area contributed by atoms with Gasteiger partial charge in [-0.15, -0.1) is 0 Å². The number of nitrogens with two attached hydrogens (primary N) is 1. The lowest BCUT2D eigenvalue weighted by molar-refractivity contribution is 0.216. The Hall–Kier alpha value is -1.02. The Kier molecular flexibility index (Phi) is 4.15. The zero-order chi connectivity index (χ0) is 11.4. The third kappa shape index (κ3) is 3.24. The highest BCUT2D eigenvalue weighted by Gasteiger charge is 2.06. The number of aryl methyl sites for hydroxylation is 1. The summed E-state index contributed by atoms with van der Waals surface area (Å²) >= 11 is 0. The van der Waals surface area contributed by atoms with Crippen LogP contribution in [0.4, 0.5) is 0 Å². The van der Waals surface area contributed by atoms with E-state index in [2.05, 4.69) is 26.8 Å². The van der Waals surface area contributed by atoms with Crippen LogP contribution >= 0.6 is 0 Å². The first-order valence-corrected chi connectivity index (χ1v) is 5.57. The predicted molar refractivity (Wildman–Crippen MR) is 64.2 cm³/mol. The zero-order valence-electron chi connectivity index (χ0n) is 10.1. The Morgan fingerprint density at radius 2 is 2.00 bits per heavy atom. The second-order valence-corrected chi connectivity index (χ2v) is 4.15. The minimum absolute atomic E-state index is 0.0846. The number of hydrogen-bond donors (Lipinski definition) is 1. The molecule has 0 radical (unpaired) electrons. The van der Waals surface area contributed by atoms with Crippen molar-refractivity contribution in [3.63, 3.8) is 0 Å². The number of ether oxygens (including phenoxy) is 1. The van der Waals surface area contributed by atoms with E-state index in [1.165, 1.54) is 0 Å². The van der Waals surface area contributed by atoms with E-state index in [4.69, 9.17) is 10.5 Å². The van der Waals surface area contributed by atoms with Crippen molar-refractivity contribution in [2.24, 2.45) is 5.73 Å². The highest BCUT2D eigenvalue weighted by molar-refractivity contribution is 5.37. The zero-order valence-corrected chi connectivity index (χ0v) is 10.1. The molecule has 1 rings (SSSR count). The van der Waals surface area contributed by atoms with Crippen LogP contribution in [0.25, 0.3) is 0 Å². The van der Waals surface area contributed by atoms with E-state index in [0.29, 0.717) is 0 Å². The molecule has 2 N–H and O–H groups in total. The summed E-state index contributed by atoms with van der Waals surface area (Å²) in [4.78, 5) is 0. The fraction of sp³-hybridized carbons (Fsp3) is 0.538. The fourth-order valence-corrected chi connectivity index (χ4v) is 1.39. The molecule has 2 atom stereocenters. The van der Waals surface area contributed by atoms with Crippen molar-refractivity contribution in [1.82, 2.24) is 0 Å². The largest absolute Gasteiger partial charge is 0.490 e. The van der Waals surface area contributed by atoms with Crippen LogP contribution in [0, 0.1) is 6.92 Å². The van der Waals surface area contributed by atoms with Gasteiger partial charge in [0.1, 0.15) is 5.75 Å². The minimum Gasteiger partial charge on any atom is -0.490 e. The molecule has 0 saturated heterocycles. The van der Waals surface area contributed by atoms with Gasteiger partial charge in [-0.05, 0) is 44.4 Å². The number of rotatable bonds is 4. The molecule has 0 bridgehead atoms. The lowest BCUT2D eigenvalue weighted by Gasteiger charge is -2.16. The Morgan fingerprint density at radius 3 is 2.47 bits per heavy atom. The minimum atomic E-state index is 0.0846. The van der Waals surface area contributed by atoms with E-state index in [9.17, 15) is 0 Å². The molecule has 0 aromatic heterocycles. The molecule has 1 aromatic rings. The van der Waals surface area contributed by atoms with Gasteiger partial charge in [-0.3, -0.25) is 0 Å². The van der Waals surface area contributed by atoms with Crippen LogP contribution in [-0.4, -0.2) is 6.10 Å². The van der Waals surface area contributed by atoms with Crippen LogP contribution in [0.3, 0.4) is 0 Å². The van der Waals surface area contributed by atoms with Crippen molar-refractivity contribution in [3.8, 4) is 5.75 Å².